The van der Waals surface area contributed by atoms with Gasteiger partial charge in [0, 0.05) is 11.9 Å². The number of halogens is 3. The van der Waals surface area contributed by atoms with Crippen molar-refractivity contribution in [1.29, 1.82) is 0 Å². The van der Waals surface area contributed by atoms with E-state index >= 15 is 0 Å². The molecule has 2 N–H and O–H groups in total. The van der Waals surface area contributed by atoms with Crippen LogP contribution in [0.3, 0.4) is 0 Å². The monoisotopic (exact) mass is 362 g/mol. The van der Waals surface area contributed by atoms with Crippen molar-refractivity contribution in [2.24, 2.45) is 0 Å². The molecule has 0 unspecified atom stereocenters. The van der Waals surface area contributed by atoms with E-state index in [4.69, 9.17) is 0 Å². The zero-order valence-corrected chi connectivity index (χ0v) is 13.8. The Morgan fingerprint density at radius 2 is 1.85 bits per heavy atom. The zero-order valence-electron chi connectivity index (χ0n) is 13.8. The molecule has 0 aliphatic rings. The number of anilines is 1. The second-order valence-electron chi connectivity index (χ2n) is 5.65. The number of nitrogens with zero attached hydrogens (tertiary/aromatic N) is 2. The van der Waals surface area contributed by atoms with Crippen molar-refractivity contribution < 1.29 is 17.9 Å². The van der Waals surface area contributed by atoms with Crippen molar-refractivity contribution in [3.05, 3.63) is 66.0 Å². The van der Waals surface area contributed by atoms with Crippen molar-refractivity contribution >= 4 is 5.69 Å². The second-order valence-corrected chi connectivity index (χ2v) is 5.65. The van der Waals surface area contributed by atoms with Crippen LogP contribution in [0.15, 0.2) is 54.7 Å². The van der Waals surface area contributed by atoms with Gasteiger partial charge in [0.25, 0.3) is 0 Å². The van der Waals surface area contributed by atoms with Crippen LogP contribution in [0.25, 0.3) is 11.4 Å². The van der Waals surface area contributed by atoms with Crippen molar-refractivity contribution in [3.63, 3.8) is 0 Å². The summed E-state index contributed by atoms with van der Waals surface area (Å²) < 4.78 is 40.8. The summed E-state index contributed by atoms with van der Waals surface area (Å²) in [5, 5.41) is 10.4. The summed E-state index contributed by atoms with van der Waals surface area (Å²) in [6, 6.07) is 14.6. The number of ether oxygens (including phenoxy) is 1. The molecule has 0 saturated carbocycles. The maximum absolute atomic E-state index is 12.0. The summed E-state index contributed by atoms with van der Waals surface area (Å²) in [4.78, 5) is 4.24. The van der Waals surface area contributed by atoms with Gasteiger partial charge in [-0.15, -0.1) is 0 Å². The molecular weight excluding hydrogens is 345 g/mol. The molecule has 0 aliphatic heterocycles. The van der Waals surface area contributed by atoms with Crippen molar-refractivity contribution in [2.75, 3.05) is 11.9 Å². The van der Waals surface area contributed by atoms with Gasteiger partial charge in [0.15, 0.2) is 0 Å². The Labute approximate surface area is 148 Å². The molecule has 3 aromatic rings. The molecule has 3 rings (SSSR count). The van der Waals surface area contributed by atoms with Crippen LogP contribution in [0.5, 0.6) is 0 Å². The fourth-order valence-corrected chi connectivity index (χ4v) is 2.30. The van der Waals surface area contributed by atoms with Crippen LogP contribution < -0.4 is 5.32 Å². The first-order valence-corrected chi connectivity index (χ1v) is 7.92. The van der Waals surface area contributed by atoms with Crippen LogP contribution in [0.4, 0.5) is 18.9 Å². The van der Waals surface area contributed by atoms with E-state index in [1.165, 1.54) is 0 Å². The fourth-order valence-electron chi connectivity index (χ4n) is 2.30. The number of hydrogen-bond acceptors (Lipinski definition) is 4. The fraction of sp³-hybridized carbons (Fsp3) is 0.222. The largest absolute Gasteiger partial charge is 0.411 e. The molecule has 136 valence electrons. The molecule has 8 heteroatoms. The van der Waals surface area contributed by atoms with Gasteiger partial charge in [0.2, 0.25) is 0 Å². The molecule has 0 radical (unpaired) electrons. The number of aromatic nitrogens is 3. The average Bonchev–Trinajstić information content (AvgIpc) is 3.10. The Morgan fingerprint density at radius 1 is 1.04 bits per heavy atom. The van der Waals surface area contributed by atoms with E-state index in [2.05, 4.69) is 25.2 Å². The van der Waals surface area contributed by atoms with Crippen LogP contribution in [-0.2, 0) is 17.9 Å². The maximum Gasteiger partial charge on any atom is 0.411 e. The summed E-state index contributed by atoms with van der Waals surface area (Å²) in [5.41, 5.74) is 3.97. The van der Waals surface area contributed by atoms with E-state index in [-0.39, 0.29) is 6.61 Å². The number of H-pyrrole nitrogens is 1. The minimum atomic E-state index is -4.31. The first-order chi connectivity index (χ1) is 12.5. The van der Waals surface area contributed by atoms with Gasteiger partial charge in [0.1, 0.15) is 12.3 Å². The molecule has 5 nitrogen and oxygen atoms in total. The third kappa shape index (κ3) is 5.32. The van der Waals surface area contributed by atoms with E-state index in [0.29, 0.717) is 12.1 Å². The lowest BCUT2D eigenvalue weighted by atomic mass is 10.2. The Balaban J connectivity index is 1.50. The summed E-state index contributed by atoms with van der Waals surface area (Å²) in [6.45, 7) is -0.789. The molecule has 0 amide bonds. The van der Waals surface area contributed by atoms with Gasteiger partial charge in [0.05, 0.1) is 24.5 Å². The molecule has 0 atom stereocenters. The Kier molecular flexibility index (Phi) is 5.52. The molecule has 0 bridgehead atoms. The second kappa shape index (κ2) is 8.01. The number of pyridine rings is 1. The van der Waals surface area contributed by atoms with Gasteiger partial charge in [-0.25, -0.2) is 0 Å². The quantitative estimate of drug-likeness (QED) is 0.662. The smallest absolute Gasteiger partial charge is 0.379 e. The third-order valence-corrected chi connectivity index (χ3v) is 3.53. The SMILES string of the molecule is FC(F)(F)COCc1ccc(NCc2cc(-c3ccccn3)n[nH]2)cc1. The van der Waals surface area contributed by atoms with E-state index in [0.717, 1.165) is 22.8 Å². The highest BCUT2D eigenvalue weighted by Gasteiger charge is 2.27. The van der Waals surface area contributed by atoms with Crippen LogP contribution in [0.2, 0.25) is 0 Å². The van der Waals surface area contributed by atoms with Gasteiger partial charge in [-0.1, -0.05) is 18.2 Å². The number of aromatic amines is 1. The molecule has 2 aromatic heterocycles. The van der Waals surface area contributed by atoms with E-state index in [9.17, 15) is 13.2 Å². The standard InChI is InChI=1S/C18H17F3N4O/c19-18(20,21)12-26-11-13-4-6-14(7-5-13)23-10-15-9-17(25-24-15)16-3-1-2-8-22-16/h1-9,23H,10-12H2,(H,24,25). The molecule has 1 aromatic carbocycles. The normalized spacial score (nSPS) is 11.5. The molecule has 26 heavy (non-hydrogen) atoms. The Bertz CT molecular complexity index is 816. The molecule has 0 fully saturated rings. The predicted octanol–water partition coefficient (Wildman–Crippen LogP) is 4.16. The maximum atomic E-state index is 12.0. The zero-order chi connectivity index (χ0) is 18.4. The van der Waals surface area contributed by atoms with Crippen molar-refractivity contribution in [3.8, 4) is 11.4 Å². The summed E-state index contributed by atoms with van der Waals surface area (Å²) in [5.74, 6) is 0. The third-order valence-electron chi connectivity index (χ3n) is 3.53. The van der Waals surface area contributed by atoms with Crippen molar-refractivity contribution in [2.45, 2.75) is 19.3 Å². The topological polar surface area (TPSA) is 62.8 Å². The van der Waals surface area contributed by atoms with Crippen LogP contribution in [0.1, 0.15) is 11.3 Å². The van der Waals surface area contributed by atoms with Crippen LogP contribution in [-0.4, -0.2) is 28.0 Å². The van der Waals surface area contributed by atoms with Crippen LogP contribution in [0, 0.1) is 0 Å². The predicted molar refractivity (Wildman–Crippen MR) is 91.3 cm³/mol. The van der Waals surface area contributed by atoms with E-state index < -0.39 is 12.8 Å². The molecule has 0 spiro atoms. The van der Waals surface area contributed by atoms with E-state index in [1.807, 2.05) is 24.3 Å². The molecular formula is C18H17F3N4O. The highest BCUT2D eigenvalue weighted by atomic mass is 19.4. The average molecular weight is 362 g/mol. The summed E-state index contributed by atoms with van der Waals surface area (Å²) >= 11 is 0. The van der Waals surface area contributed by atoms with Gasteiger partial charge >= 0.3 is 6.18 Å². The van der Waals surface area contributed by atoms with Crippen LogP contribution >= 0.6 is 0 Å². The lowest BCUT2D eigenvalue weighted by molar-refractivity contribution is -0.176. The van der Waals surface area contributed by atoms with Gasteiger partial charge in [-0.3, -0.25) is 10.1 Å². The lowest BCUT2D eigenvalue weighted by Crippen LogP contribution is -2.16. The van der Waals surface area contributed by atoms with Gasteiger partial charge in [-0.2, -0.15) is 18.3 Å². The first kappa shape index (κ1) is 17.9. The van der Waals surface area contributed by atoms with Gasteiger partial charge in [-0.05, 0) is 35.9 Å². The number of hydrogen-bond donors (Lipinski definition) is 2. The number of nitrogens with one attached hydrogen (secondary N) is 2. The Morgan fingerprint density at radius 3 is 2.54 bits per heavy atom. The number of alkyl halides is 3. The minimum Gasteiger partial charge on any atom is -0.379 e. The molecule has 0 aliphatic carbocycles. The summed E-state index contributed by atoms with van der Waals surface area (Å²) in [7, 11) is 0. The highest BCUT2D eigenvalue weighted by Crippen LogP contribution is 2.18. The first-order valence-electron chi connectivity index (χ1n) is 7.92. The molecule has 2 heterocycles. The number of rotatable bonds is 7. The van der Waals surface area contributed by atoms with Gasteiger partial charge < -0.3 is 10.1 Å². The lowest BCUT2D eigenvalue weighted by Gasteiger charge is -2.09. The van der Waals surface area contributed by atoms with E-state index in [1.54, 1.807) is 30.5 Å². The van der Waals surface area contributed by atoms with Crippen molar-refractivity contribution in [1.82, 2.24) is 15.2 Å². The number of benzene rings is 1. The highest BCUT2D eigenvalue weighted by molar-refractivity contribution is 5.54. The summed E-state index contributed by atoms with van der Waals surface area (Å²) in [6.07, 6.45) is -2.60. The Hall–Kier alpha value is -2.87. The molecule has 0 saturated heterocycles. The minimum absolute atomic E-state index is 0.0756.